The van der Waals surface area contributed by atoms with Gasteiger partial charge in [-0.25, -0.2) is 15.0 Å². The molecule has 0 radical (unpaired) electrons. The van der Waals surface area contributed by atoms with Crippen LogP contribution < -0.4 is 0 Å². The van der Waals surface area contributed by atoms with Gasteiger partial charge in [-0.15, -0.1) is 0 Å². The number of para-hydroxylation sites is 2. The van der Waals surface area contributed by atoms with E-state index in [2.05, 4.69) is 127 Å². The molecule has 0 atom stereocenters. The summed E-state index contributed by atoms with van der Waals surface area (Å²) in [6, 6.07) is 65.2. The minimum Gasteiger partial charge on any atom is -0.455 e. The van der Waals surface area contributed by atoms with Gasteiger partial charge in [0.15, 0.2) is 17.5 Å². The molecule has 5 nitrogen and oxygen atoms in total. The van der Waals surface area contributed by atoms with Crippen molar-refractivity contribution in [3.63, 3.8) is 0 Å². The summed E-state index contributed by atoms with van der Waals surface area (Å²) in [5.74, 6) is 1.74. The summed E-state index contributed by atoms with van der Waals surface area (Å²) < 4.78 is 13.3. The van der Waals surface area contributed by atoms with Crippen molar-refractivity contribution < 1.29 is 8.83 Å². The normalized spacial score (nSPS) is 11.8. The highest BCUT2D eigenvalue weighted by molar-refractivity contribution is 6.19. The Balaban J connectivity index is 1.02. The van der Waals surface area contributed by atoms with E-state index < -0.39 is 0 Å². The molecule has 0 N–H and O–H groups in total. The summed E-state index contributed by atoms with van der Waals surface area (Å²) in [5.41, 5.74) is 10.3. The number of nitrogens with zero attached hydrogens (tertiary/aromatic N) is 3. The van der Waals surface area contributed by atoms with Gasteiger partial charge in [-0.05, 0) is 74.6 Å². The summed E-state index contributed by atoms with van der Waals surface area (Å²) in [6.07, 6.45) is 0. The van der Waals surface area contributed by atoms with Gasteiger partial charge >= 0.3 is 0 Å². The highest BCUT2D eigenvalue weighted by atomic mass is 16.3. The fourth-order valence-corrected chi connectivity index (χ4v) is 8.45. The molecule has 0 bridgehead atoms. The lowest BCUT2D eigenvalue weighted by Crippen LogP contribution is -2.00. The van der Waals surface area contributed by atoms with Crippen molar-refractivity contribution in [2.75, 3.05) is 0 Å². The largest absolute Gasteiger partial charge is 0.455 e. The first-order valence-electron chi connectivity index (χ1n) is 19.4. The molecule has 0 spiro atoms. The fraction of sp³-hybridized carbons (Fsp3) is 0. The van der Waals surface area contributed by atoms with Crippen LogP contribution in [0.5, 0.6) is 0 Å². The second-order valence-corrected chi connectivity index (χ2v) is 14.8. The molecule has 270 valence electrons. The third-order valence-electron chi connectivity index (χ3n) is 11.3. The van der Waals surface area contributed by atoms with Crippen molar-refractivity contribution in [1.82, 2.24) is 15.0 Å². The zero-order valence-corrected chi connectivity index (χ0v) is 31.1. The van der Waals surface area contributed by atoms with Crippen molar-refractivity contribution >= 4 is 65.4 Å². The Kier molecular flexibility index (Phi) is 7.16. The molecular formula is C53H31N3O2. The molecule has 3 heterocycles. The Bertz CT molecular complexity index is 3570. The lowest BCUT2D eigenvalue weighted by molar-refractivity contribution is 0.669. The number of hydrogen-bond donors (Lipinski definition) is 0. The van der Waals surface area contributed by atoms with Crippen molar-refractivity contribution in [1.29, 1.82) is 0 Å². The standard InChI is InChI=1S/C53H31N3O2/c1-2-12-34(13-3-1)51-54-52(56-53(55-51)44-19-10-18-43-42-17-8-9-20-46(42)57-49(43)44)35-24-22-33(23-25-35)40-27-28-41(39-26-21-32-11-4-5-14-36(32)29-39)50-48(40)45-30-37-15-6-7-16-38(37)31-47(45)58-50/h1-31H. The maximum atomic E-state index is 6.84. The van der Waals surface area contributed by atoms with E-state index in [0.717, 1.165) is 88.2 Å². The average molecular weight is 742 g/mol. The molecule has 0 aliphatic carbocycles. The number of rotatable bonds is 5. The second kappa shape index (κ2) is 12.8. The fourth-order valence-electron chi connectivity index (χ4n) is 8.45. The van der Waals surface area contributed by atoms with E-state index in [1.54, 1.807) is 0 Å². The zero-order valence-electron chi connectivity index (χ0n) is 31.1. The Hall–Kier alpha value is -7.89. The van der Waals surface area contributed by atoms with Crippen LogP contribution in [0.1, 0.15) is 0 Å². The van der Waals surface area contributed by atoms with E-state index in [4.69, 9.17) is 23.8 Å². The predicted molar refractivity (Wildman–Crippen MR) is 237 cm³/mol. The maximum absolute atomic E-state index is 6.84. The third kappa shape index (κ3) is 5.21. The molecular weight excluding hydrogens is 711 g/mol. The molecule has 0 unspecified atom stereocenters. The maximum Gasteiger partial charge on any atom is 0.167 e. The number of fused-ring (bicyclic) bond motifs is 8. The van der Waals surface area contributed by atoms with E-state index in [0.29, 0.717) is 17.5 Å². The Morgan fingerprint density at radius 3 is 1.69 bits per heavy atom. The lowest BCUT2D eigenvalue weighted by atomic mass is 9.93. The van der Waals surface area contributed by atoms with Crippen molar-refractivity contribution in [3.8, 4) is 56.4 Å². The van der Waals surface area contributed by atoms with Gasteiger partial charge < -0.3 is 8.83 Å². The topological polar surface area (TPSA) is 65.0 Å². The van der Waals surface area contributed by atoms with Gasteiger partial charge in [0.2, 0.25) is 0 Å². The van der Waals surface area contributed by atoms with Crippen LogP contribution in [0.25, 0.3) is 122 Å². The van der Waals surface area contributed by atoms with Gasteiger partial charge in [-0.3, -0.25) is 0 Å². The smallest absolute Gasteiger partial charge is 0.167 e. The van der Waals surface area contributed by atoms with E-state index in [-0.39, 0.29) is 0 Å². The Morgan fingerprint density at radius 1 is 0.293 bits per heavy atom. The molecule has 0 aliphatic heterocycles. The molecule has 3 aromatic heterocycles. The van der Waals surface area contributed by atoms with E-state index in [9.17, 15) is 0 Å². The van der Waals surface area contributed by atoms with Crippen molar-refractivity contribution in [3.05, 3.63) is 188 Å². The molecule has 12 aromatic rings. The quantitative estimate of drug-likeness (QED) is 0.176. The van der Waals surface area contributed by atoms with Crippen LogP contribution in [-0.2, 0) is 0 Å². The molecule has 0 saturated heterocycles. The molecule has 9 aromatic carbocycles. The second-order valence-electron chi connectivity index (χ2n) is 14.8. The highest BCUT2D eigenvalue weighted by Gasteiger charge is 2.20. The summed E-state index contributed by atoms with van der Waals surface area (Å²) >= 11 is 0. The predicted octanol–water partition coefficient (Wildman–Crippen LogP) is 14.3. The SMILES string of the molecule is c1ccc(-c2nc(-c3ccc(-c4ccc(-c5ccc6ccccc6c5)c5oc6cc7ccccc7cc6c45)cc3)nc(-c3cccc4c3oc3ccccc34)n2)cc1. The van der Waals surface area contributed by atoms with Gasteiger partial charge in [-0.1, -0.05) is 152 Å². The number of hydrogen-bond acceptors (Lipinski definition) is 5. The number of aromatic nitrogens is 3. The van der Waals surface area contributed by atoms with E-state index in [1.165, 1.54) is 16.2 Å². The molecule has 0 aliphatic rings. The minimum absolute atomic E-state index is 0.556. The molecule has 12 rings (SSSR count). The van der Waals surface area contributed by atoms with Crippen molar-refractivity contribution in [2.24, 2.45) is 0 Å². The van der Waals surface area contributed by atoms with Crippen LogP contribution in [0.4, 0.5) is 0 Å². The third-order valence-corrected chi connectivity index (χ3v) is 11.3. The van der Waals surface area contributed by atoms with Gasteiger partial charge in [0, 0.05) is 38.2 Å². The van der Waals surface area contributed by atoms with Crippen LogP contribution in [-0.4, -0.2) is 15.0 Å². The monoisotopic (exact) mass is 741 g/mol. The first kappa shape index (κ1) is 32.4. The minimum atomic E-state index is 0.556. The first-order chi connectivity index (χ1) is 28.7. The van der Waals surface area contributed by atoms with Gasteiger partial charge in [0.25, 0.3) is 0 Å². The van der Waals surface area contributed by atoms with Crippen LogP contribution >= 0.6 is 0 Å². The summed E-state index contributed by atoms with van der Waals surface area (Å²) in [4.78, 5) is 15.2. The molecule has 5 heteroatoms. The number of benzene rings is 9. The van der Waals surface area contributed by atoms with Gasteiger partial charge in [0.1, 0.15) is 22.3 Å². The van der Waals surface area contributed by atoms with Crippen LogP contribution in [0.3, 0.4) is 0 Å². The molecule has 0 saturated carbocycles. The molecule has 0 fully saturated rings. The zero-order chi connectivity index (χ0) is 38.2. The first-order valence-corrected chi connectivity index (χ1v) is 19.4. The Labute approximate surface area is 332 Å². The van der Waals surface area contributed by atoms with Gasteiger partial charge in [0.05, 0.1) is 5.56 Å². The van der Waals surface area contributed by atoms with Crippen LogP contribution in [0, 0.1) is 0 Å². The summed E-state index contributed by atoms with van der Waals surface area (Å²) in [7, 11) is 0. The van der Waals surface area contributed by atoms with Gasteiger partial charge in [-0.2, -0.15) is 0 Å². The van der Waals surface area contributed by atoms with Crippen LogP contribution in [0.2, 0.25) is 0 Å². The molecule has 0 amide bonds. The summed E-state index contributed by atoms with van der Waals surface area (Å²) in [5, 5.41) is 8.99. The van der Waals surface area contributed by atoms with E-state index >= 15 is 0 Å². The lowest BCUT2D eigenvalue weighted by Gasteiger charge is -2.11. The molecule has 58 heavy (non-hydrogen) atoms. The van der Waals surface area contributed by atoms with Crippen molar-refractivity contribution in [2.45, 2.75) is 0 Å². The highest BCUT2D eigenvalue weighted by Crippen LogP contribution is 2.44. The summed E-state index contributed by atoms with van der Waals surface area (Å²) in [6.45, 7) is 0. The van der Waals surface area contributed by atoms with Crippen LogP contribution in [0.15, 0.2) is 197 Å². The Morgan fingerprint density at radius 2 is 0.879 bits per heavy atom. The average Bonchev–Trinajstić information content (AvgIpc) is 3.86. The number of furan rings is 2. The van der Waals surface area contributed by atoms with E-state index in [1.807, 2.05) is 60.7 Å².